The number of aromatic hydroxyl groups is 1. The minimum Gasteiger partial charge on any atom is -0.507 e. The quantitative estimate of drug-likeness (QED) is 0.516. The summed E-state index contributed by atoms with van der Waals surface area (Å²) in [6.45, 7) is 5.81. The molecule has 0 amide bonds. The predicted molar refractivity (Wildman–Crippen MR) is 83.9 cm³/mol. The lowest BCUT2D eigenvalue weighted by atomic mass is 10.1. The lowest BCUT2D eigenvalue weighted by Gasteiger charge is -2.21. The van der Waals surface area contributed by atoms with Crippen molar-refractivity contribution >= 4 is 35.0 Å². The summed E-state index contributed by atoms with van der Waals surface area (Å²) in [5.74, 6) is -0.381. The molecule has 0 bridgehead atoms. The maximum absolute atomic E-state index is 11.6. The second-order valence-corrected chi connectivity index (χ2v) is 4.79. The number of hydrogen-bond acceptors (Lipinski definition) is 5. The van der Waals surface area contributed by atoms with Crippen LogP contribution in [0.3, 0.4) is 0 Å². The number of hydrogen-bond donors (Lipinski definition) is 1. The summed E-state index contributed by atoms with van der Waals surface area (Å²) in [4.78, 5) is 18.3. The van der Waals surface area contributed by atoms with E-state index in [0.717, 1.165) is 18.8 Å². The van der Waals surface area contributed by atoms with E-state index in [9.17, 15) is 9.90 Å². The molecule has 0 saturated carbocycles. The molecule has 6 heteroatoms. The topological polar surface area (TPSA) is 62.1 Å². The molecular formula is C15H17ClN2O3. The third-order valence-electron chi connectivity index (χ3n) is 3.34. The molecule has 0 radical (unpaired) electrons. The number of halogens is 1. The van der Waals surface area contributed by atoms with Crippen LogP contribution in [0.15, 0.2) is 28.9 Å². The molecule has 1 aliphatic heterocycles. The minimum absolute atomic E-state index is 0.0792. The number of oxime groups is 1. The minimum atomic E-state index is -0.558. The molecule has 0 aliphatic carbocycles. The number of phenols is 1. The lowest BCUT2D eigenvalue weighted by Crippen LogP contribution is -2.21. The molecule has 0 atom stereocenters. The largest absolute Gasteiger partial charge is 0.507 e. The highest BCUT2D eigenvalue weighted by molar-refractivity contribution is 6.38. The van der Waals surface area contributed by atoms with Crippen LogP contribution in [-0.4, -0.2) is 35.8 Å². The van der Waals surface area contributed by atoms with Crippen LogP contribution in [0.25, 0.3) is 6.08 Å². The SMILES string of the molecule is CCN(CC)c1ccc(C=C2C(=O)ON=C2CCl)c(O)c1. The molecule has 0 saturated heterocycles. The van der Waals surface area contributed by atoms with Gasteiger partial charge in [-0.2, -0.15) is 0 Å². The Labute approximate surface area is 128 Å². The Morgan fingerprint density at radius 2 is 2.10 bits per heavy atom. The Kier molecular flexibility index (Phi) is 4.85. The van der Waals surface area contributed by atoms with Gasteiger partial charge in [-0.3, -0.25) is 0 Å². The average molecular weight is 309 g/mol. The number of phenolic OH excluding ortho intramolecular Hbond substituents is 1. The number of anilines is 1. The monoisotopic (exact) mass is 308 g/mol. The van der Waals surface area contributed by atoms with Crippen molar-refractivity contribution in [3.8, 4) is 5.75 Å². The highest BCUT2D eigenvalue weighted by atomic mass is 35.5. The normalized spacial score (nSPS) is 16.0. The zero-order valence-electron chi connectivity index (χ0n) is 12.0. The van der Waals surface area contributed by atoms with Gasteiger partial charge in [0.1, 0.15) is 11.5 Å². The van der Waals surface area contributed by atoms with Gasteiger partial charge in [-0.05, 0) is 32.1 Å². The molecule has 1 aromatic rings. The van der Waals surface area contributed by atoms with Gasteiger partial charge < -0.3 is 14.8 Å². The van der Waals surface area contributed by atoms with Crippen LogP contribution < -0.4 is 4.90 Å². The first-order valence-electron chi connectivity index (χ1n) is 6.74. The molecule has 1 aromatic carbocycles. The second-order valence-electron chi connectivity index (χ2n) is 4.52. The fraction of sp³-hybridized carbons (Fsp3) is 0.333. The first-order chi connectivity index (χ1) is 10.1. The van der Waals surface area contributed by atoms with Crippen molar-refractivity contribution in [2.45, 2.75) is 13.8 Å². The van der Waals surface area contributed by atoms with Crippen LogP contribution in [0.1, 0.15) is 19.4 Å². The smallest absolute Gasteiger partial charge is 0.367 e. The number of carbonyl (C=O) groups excluding carboxylic acids is 1. The number of carbonyl (C=O) groups is 1. The highest BCUT2D eigenvalue weighted by Gasteiger charge is 2.25. The van der Waals surface area contributed by atoms with E-state index >= 15 is 0 Å². The molecule has 5 nitrogen and oxygen atoms in total. The molecule has 1 N–H and O–H groups in total. The van der Waals surface area contributed by atoms with E-state index in [4.69, 9.17) is 11.6 Å². The molecule has 112 valence electrons. The van der Waals surface area contributed by atoms with E-state index in [1.165, 1.54) is 6.08 Å². The molecule has 21 heavy (non-hydrogen) atoms. The predicted octanol–water partition coefficient (Wildman–Crippen LogP) is 2.77. The number of nitrogens with zero attached hydrogens (tertiary/aromatic N) is 2. The summed E-state index contributed by atoms with van der Waals surface area (Å²) in [6.07, 6.45) is 1.54. The molecule has 0 aromatic heterocycles. The Morgan fingerprint density at radius 3 is 2.67 bits per heavy atom. The standard InChI is InChI=1S/C15H17ClN2O3/c1-3-18(4-2)11-6-5-10(14(19)8-11)7-12-13(9-16)17-21-15(12)20/h5-8,19H,3-4,9H2,1-2H3. The third kappa shape index (κ3) is 3.19. The van der Waals surface area contributed by atoms with Gasteiger partial charge in [0.05, 0.1) is 11.5 Å². The van der Waals surface area contributed by atoms with E-state index in [2.05, 4.69) is 14.9 Å². The van der Waals surface area contributed by atoms with E-state index in [-0.39, 0.29) is 17.2 Å². The van der Waals surface area contributed by atoms with Crippen molar-refractivity contribution in [2.75, 3.05) is 23.9 Å². The van der Waals surface area contributed by atoms with Gasteiger partial charge >= 0.3 is 5.97 Å². The molecule has 0 unspecified atom stereocenters. The summed E-state index contributed by atoms with van der Waals surface area (Å²) >= 11 is 5.71. The zero-order chi connectivity index (χ0) is 15.4. The van der Waals surface area contributed by atoms with Gasteiger partial charge in [0, 0.05) is 30.4 Å². The molecule has 0 spiro atoms. The Balaban J connectivity index is 2.34. The Morgan fingerprint density at radius 1 is 1.38 bits per heavy atom. The van der Waals surface area contributed by atoms with Crippen molar-refractivity contribution in [3.63, 3.8) is 0 Å². The molecule has 1 aliphatic rings. The second kappa shape index (κ2) is 6.63. The fourth-order valence-corrected chi connectivity index (χ4v) is 2.34. The maximum Gasteiger partial charge on any atom is 0.367 e. The van der Waals surface area contributed by atoms with Crippen LogP contribution in [0.4, 0.5) is 5.69 Å². The van der Waals surface area contributed by atoms with E-state index in [1.54, 1.807) is 12.1 Å². The summed E-state index contributed by atoms with van der Waals surface area (Å²) < 4.78 is 0. The van der Waals surface area contributed by atoms with Crippen LogP contribution in [-0.2, 0) is 9.63 Å². The van der Waals surface area contributed by atoms with Gasteiger partial charge in [-0.25, -0.2) is 4.79 Å². The first-order valence-corrected chi connectivity index (χ1v) is 7.28. The van der Waals surface area contributed by atoms with Gasteiger partial charge in [0.15, 0.2) is 0 Å². The van der Waals surface area contributed by atoms with Gasteiger partial charge in [0.2, 0.25) is 0 Å². The average Bonchev–Trinajstić information content (AvgIpc) is 2.83. The lowest BCUT2D eigenvalue weighted by molar-refractivity contribution is -0.136. The highest BCUT2D eigenvalue weighted by Crippen LogP contribution is 2.27. The van der Waals surface area contributed by atoms with Gasteiger partial charge in [0.25, 0.3) is 0 Å². The van der Waals surface area contributed by atoms with E-state index in [1.807, 2.05) is 19.9 Å². The number of benzene rings is 1. The summed E-state index contributed by atoms with van der Waals surface area (Å²) in [7, 11) is 0. The van der Waals surface area contributed by atoms with Crippen molar-refractivity contribution in [1.82, 2.24) is 0 Å². The summed E-state index contributed by atoms with van der Waals surface area (Å²) in [5.41, 5.74) is 2.10. The molecule has 2 rings (SSSR count). The van der Waals surface area contributed by atoms with Gasteiger partial charge in [-0.1, -0.05) is 5.16 Å². The van der Waals surface area contributed by atoms with Crippen LogP contribution in [0.2, 0.25) is 0 Å². The zero-order valence-corrected chi connectivity index (χ0v) is 12.7. The third-order valence-corrected chi connectivity index (χ3v) is 3.59. The van der Waals surface area contributed by atoms with Crippen molar-refractivity contribution in [1.29, 1.82) is 0 Å². The van der Waals surface area contributed by atoms with E-state index in [0.29, 0.717) is 11.3 Å². The van der Waals surface area contributed by atoms with Crippen molar-refractivity contribution in [2.24, 2.45) is 5.16 Å². The Bertz CT molecular complexity index is 607. The summed E-state index contributed by atoms with van der Waals surface area (Å²) in [6, 6.07) is 5.33. The van der Waals surface area contributed by atoms with Gasteiger partial charge in [-0.15, -0.1) is 11.6 Å². The van der Waals surface area contributed by atoms with Crippen molar-refractivity contribution < 1.29 is 14.7 Å². The van der Waals surface area contributed by atoms with Crippen LogP contribution in [0.5, 0.6) is 5.75 Å². The molecule has 0 fully saturated rings. The first kappa shape index (κ1) is 15.4. The molecular weight excluding hydrogens is 292 g/mol. The number of alkyl halides is 1. The van der Waals surface area contributed by atoms with Crippen molar-refractivity contribution in [3.05, 3.63) is 29.3 Å². The van der Waals surface area contributed by atoms with Crippen LogP contribution in [0, 0.1) is 0 Å². The summed E-state index contributed by atoms with van der Waals surface area (Å²) in [5, 5.41) is 13.7. The Hall–Kier alpha value is -2.01. The number of rotatable bonds is 5. The fourth-order valence-electron chi connectivity index (χ4n) is 2.15. The van der Waals surface area contributed by atoms with E-state index < -0.39 is 5.97 Å². The molecule has 1 heterocycles. The maximum atomic E-state index is 11.6. The van der Waals surface area contributed by atoms with Crippen LogP contribution >= 0.6 is 11.6 Å².